The number of Topliss-reactive ketones (excluding diaryl/α,β-unsaturated/α-hetero) is 1. The van der Waals surface area contributed by atoms with E-state index in [1.165, 1.54) is 24.1 Å². The average Bonchev–Trinajstić information content (AvgIpc) is 2.78. The molecule has 2 rings (SSSR count). The van der Waals surface area contributed by atoms with E-state index in [9.17, 15) is 29.8 Å². The standard InChI is InChI=1S/C16H15N3O7/c1-4-26-16(21)14-9(2)17(3)13(15(14)20)7-10-5-6-11(18(22)23)8-12(10)19(24)25/h5-8H,4H2,1-3H3/b13-7+. The van der Waals surface area contributed by atoms with Gasteiger partial charge in [-0.1, -0.05) is 0 Å². The number of ketones is 1. The number of carbonyl (C=O) groups excluding carboxylic acids is 2. The first-order valence-electron chi connectivity index (χ1n) is 7.50. The molecule has 1 heterocycles. The van der Waals surface area contributed by atoms with Crippen LogP contribution in [0.3, 0.4) is 0 Å². The first-order chi connectivity index (χ1) is 12.2. The summed E-state index contributed by atoms with van der Waals surface area (Å²) in [5.74, 6) is -1.40. The van der Waals surface area contributed by atoms with Gasteiger partial charge in [-0.3, -0.25) is 25.0 Å². The number of hydrogen-bond acceptors (Lipinski definition) is 8. The number of esters is 1. The van der Waals surface area contributed by atoms with Gasteiger partial charge in [0, 0.05) is 18.8 Å². The van der Waals surface area contributed by atoms with Gasteiger partial charge >= 0.3 is 5.97 Å². The third-order valence-electron chi connectivity index (χ3n) is 3.88. The normalized spacial score (nSPS) is 15.6. The number of nitro benzene ring substituents is 2. The second-order valence-electron chi connectivity index (χ2n) is 5.36. The first-order valence-corrected chi connectivity index (χ1v) is 7.50. The lowest BCUT2D eigenvalue weighted by Crippen LogP contribution is -2.15. The highest BCUT2D eigenvalue weighted by molar-refractivity contribution is 6.27. The number of benzene rings is 1. The molecule has 1 aliphatic heterocycles. The van der Waals surface area contributed by atoms with E-state index in [1.54, 1.807) is 13.8 Å². The Morgan fingerprint density at radius 1 is 1.27 bits per heavy atom. The number of carbonyl (C=O) groups is 2. The fraction of sp³-hybridized carbons (Fsp3) is 0.250. The van der Waals surface area contributed by atoms with E-state index in [4.69, 9.17) is 4.74 Å². The van der Waals surface area contributed by atoms with Crippen molar-refractivity contribution in [1.29, 1.82) is 0 Å². The summed E-state index contributed by atoms with van der Waals surface area (Å²) < 4.78 is 4.86. The summed E-state index contributed by atoms with van der Waals surface area (Å²) in [4.78, 5) is 46.4. The molecule has 10 heteroatoms. The van der Waals surface area contributed by atoms with E-state index in [-0.39, 0.29) is 23.4 Å². The second-order valence-corrected chi connectivity index (χ2v) is 5.36. The Bertz CT molecular complexity index is 886. The number of rotatable bonds is 5. The highest BCUT2D eigenvalue weighted by atomic mass is 16.6. The van der Waals surface area contributed by atoms with Crippen LogP contribution >= 0.6 is 0 Å². The molecule has 1 aliphatic rings. The lowest BCUT2D eigenvalue weighted by atomic mass is 10.1. The molecule has 0 saturated heterocycles. The highest BCUT2D eigenvalue weighted by Gasteiger charge is 2.36. The van der Waals surface area contributed by atoms with Gasteiger partial charge in [0.25, 0.3) is 11.4 Å². The predicted octanol–water partition coefficient (Wildman–Crippen LogP) is 2.20. The van der Waals surface area contributed by atoms with E-state index in [2.05, 4.69) is 0 Å². The van der Waals surface area contributed by atoms with Gasteiger partial charge in [0.05, 0.1) is 33.8 Å². The van der Waals surface area contributed by atoms with Crippen LogP contribution in [-0.2, 0) is 14.3 Å². The number of nitro groups is 2. The van der Waals surface area contributed by atoms with Crippen LogP contribution in [0.1, 0.15) is 19.4 Å². The van der Waals surface area contributed by atoms with Crippen LogP contribution in [0.4, 0.5) is 11.4 Å². The summed E-state index contributed by atoms with van der Waals surface area (Å²) >= 11 is 0. The van der Waals surface area contributed by atoms with Gasteiger partial charge in [0.1, 0.15) is 5.57 Å². The van der Waals surface area contributed by atoms with Crippen molar-refractivity contribution in [3.05, 3.63) is 61.0 Å². The Morgan fingerprint density at radius 3 is 2.46 bits per heavy atom. The van der Waals surface area contributed by atoms with E-state index in [0.717, 1.165) is 12.1 Å². The van der Waals surface area contributed by atoms with Crippen molar-refractivity contribution >= 4 is 29.2 Å². The molecule has 26 heavy (non-hydrogen) atoms. The van der Waals surface area contributed by atoms with E-state index in [1.807, 2.05) is 0 Å². The number of ether oxygens (including phenoxy) is 1. The number of non-ortho nitro benzene ring substituents is 1. The van der Waals surface area contributed by atoms with Gasteiger partial charge in [-0.2, -0.15) is 0 Å². The van der Waals surface area contributed by atoms with Crippen LogP contribution in [0, 0.1) is 20.2 Å². The Labute approximate surface area is 147 Å². The van der Waals surface area contributed by atoms with Crippen LogP contribution in [0.15, 0.2) is 35.2 Å². The quantitative estimate of drug-likeness (QED) is 0.256. The van der Waals surface area contributed by atoms with Crippen molar-refractivity contribution in [2.45, 2.75) is 13.8 Å². The molecule has 0 saturated carbocycles. The van der Waals surface area contributed by atoms with Crippen LogP contribution in [-0.4, -0.2) is 40.2 Å². The molecule has 0 aliphatic carbocycles. The smallest absolute Gasteiger partial charge is 0.343 e. The van der Waals surface area contributed by atoms with Crippen LogP contribution in [0.2, 0.25) is 0 Å². The zero-order valence-electron chi connectivity index (χ0n) is 14.2. The van der Waals surface area contributed by atoms with Crippen molar-refractivity contribution in [1.82, 2.24) is 4.90 Å². The second kappa shape index (κ2) is 7.13. The van der Waals surface area contributed by atoms with Gasteiger partial charge < -0.3 is 9.64 Å². The van der Waals surface area contributed by atoms with Crippen molar-refractivity contribution in [2.24, 2.45) is 0 Å². The molecule has 10 nitrogen and oxygen atoms in total. The average molecular weight is 361 g/mol. The van der Waals surface area contributed by atoms with Crippen molar-refractivity contribution in [2.75, 3.05) is 13.7 Å². The highest BCUT2D eigenvalue weighted by Crippen LogP contribution is 2.32. The maximum absolute atomic E-state index is 12.6. The number of likely N-dealkylation sites (N-methyl/N-ethyl adjacent to an activating group) is 1. The molecule has 1 aromatic carbocycles. The largest absolute Gasteiger partial charge is 0.462 e. The molecule has 0 bridgehead atoms. The minimum absolute atomic E-state index is 0.00806. The predicted molar refractivity (Wildman–Crippen MR) is 89.8 cm³/mol. The molecule has 0 atom stereocenters. The van der Waals surface area contributed by atoms with Crippen LogP contribution in [0.25, 0.3) is 6.08 Å². The lowest BCUT2D eigenvalue weighted by molar-refractivity contribution is -0.394. The number of nitrogens with zero attached hydrogens (tertiary/aromatic N) is 3. The van der Waals surface area contributed by atoms with Gasteiger partial charge in [-0.15, -0.1) is 0 Å². The van der Waals surface area contributed by atoms with Crippen molar-refractivity contribution in [3.8, 4) is 0 Å². The Morgan fingerprint density at radius 2 is 1.92 bits per heavy atom. The number of hydrogen-bond donors (Lipinski definition) is 0. The maximum Gasteiger partial charge on any atom is 0.343 e. The fourth-order valence-corrected chi connectivity index (χ4v) is 2.47. The molecule has 136 valence electrons. The summed E-state index contributed by atoms with van der Waals surface area (Å²) in [6, 6.07) is 3.10. The topological polar surface area (TPSA) is 133 Å². The van der Waals surface area contributed by atoms with Gasteiger partial charge in [0.15, 0.2) is 0 Å². The van der Waals surface area contributed by atoms with Gasteiger partial charge in [-0.25, -0.2) is 4.79 Å². The Hall–Kier alpha value is -3.56. The zero-order valence-corrected chi connectivity index (χ0v) is 14.2. The minimum atomic E-state index is -0.775. The van der Waals surface area contributed by atoms with E-state index < -0.39 is 33.0 Å². The SMILES string of the molecule is CCOC(=O)C1=C(C)N(C)/C(=C/c2ccc([N+](=O)[O-])cc2[N+](=O)[O-])C1=O. The van der Waals surface area contributed by atoms with Crippen molar-refractivity contribution in [3.63, 3.8) is 0 Å². The van der Waals surface area contributed by atoms with Crippen LogP contribution in [0.5, 0.6) is 0 Å². The number of allylic oxidation sites excluding steroid dienone is 2. The fourth-order valence-electron chi connectivity index (χ4n) is 2.47. The lowest BCUT2D eigenvalue weighted by Gasteiger charge is -2.14. The molecule has 0 amide bonds. The van der Waals surface area contributed by atoms with E-state index >= 15 is 0 Å². The summed E-state index contributed by atoms with van der Waals surface area (Å²) in [7, 11) is 1.53. The monoisotopic (exact) mass is 361 g/mol. The molecular formula is C16H15N3O7. The molecule has 0 spiro atoms. The Balaban J connectivity index is 2.51. The summed E-state index contributed by atoms with van der Waals surface area (Å²) in [5.41, 5.74) is -0.716. The zero-order chi connectivity index (χ0) is 19.6. The third kappa shape index (κ3) is 3.29. The molecule has 0 aromatic heterocycles. The van der Waals surface area contributed by atoms with Gasteiger partial charge in [-0.05, 0) is 26.0 Å². The summed E-state index contributed by atoms with van der Waals surface area (Å²) in [6.07, 6.45) is 1.22. The Kier molecular flexibility index (Phi) is 5.15. The van der Waals surface area contributed by atoms with E-state index in [0.29, 0.717) is 5.70 Å². The maximum atomic E-state index is 12.6. The molecule has 0 N–H and O–H groups in total. The summed E-state index contributed by atoms with van der Waals surface area (Å²) in [6.45, 7) is 3.25. The van der Waals surface area contributed by atoms with Crippen molar-refractivity contribution < 1.29 is 24.2 Å². The molecule has 1 aromatic rings. The molecule has 0 unspecified atom stereocenters. The molecule has 0 fully saturated rings. The molecular weight excluding hydrogens is 346 g/mol. The minimum Gasteiger partial charge on any atom is -0.462 e. The van der Waals surface area contributed by atoms with Gasteiger partial charge in [0.2, 0.25) is 5.78 Å². The van der Waals surface area contributed by atoms with Crippen LogP contribution < -0.4 is 0 Å². The molecule has 0 radical (unpaired) electrons. The third-order valence-corrected chi connectivity index (χ3v) is 3.88. The first kappa shape index (κ1) is 18.8. The summed E-state index contributed by atoms with van der Waals surface area (Å²) in [5, 5.41) is 22.0.